The van der Waals surface area contributed by atoms with Crippen molar-refractivity contribution in [2.75, 3.05) is 0 Å². The van der Waals surface area contributed by atoms with Crippen LogP contribution in [-0.4, -0.2) is 20.9 Å². The van der Waals surface area contributed by atoms with Crippen LogP contribution in [0.4, 0.5) is 0 Å². The zero-order valence-electron chi connectivity index (χ0n) is 11.8. The predicted octanol–water partition coefficient (Wildman–Crippen LogP) is 3.25. The van der Waals surface area contributed by atoms with Crippen molar-refractivity contribution in [3.63, 3.8) is 0 Å². The van der Waals surface area contributed by atoms with E-state index < -0.39 is 5.97 Å². The van der Waals surface area contributed by atoms with Crippen LogP contribution in [0.2, 0.25) is 0 Å². The van der Waals surface area contributed by atoms with Gasteiger partial charge in [-0.2, -0.15) is 9.78 Å². The Hall–Kier alpha value is -2.99. The van der Waals surface area contributed by atoms with Crippen molar-refractivity contribution < 1.29 is 9.90 Å². The summed E-state index contributed by atoms with van der Waals surface area (Å²) in [6, 6.07) is 13.9. The van der Waals surface area contributed by atoms with Crippen LogP contribution < -0.4 is 5.56 Å². The molecule has 0 aromatic heterocycles. The summed E-state index contributed by atoms with van der Waals surface area (Å²) in [6.07, 6.45) is 0. The van der Waals surface area contributed by atoms with E-state index in [1.165, 1.54) is 28.2 Å². The second-order valence-electron chi connectivity index (χ2n) is 5.06. The fourth-order valence-electron chi connectivity index (χ4n) is 2.53. The summed E-state index contributed by atoms with van der Waals surface area (Å²) in [5, 5.41) is 16.2. The number of hydrogen-bond donors (Lipinski definition) is 1. The van der Waals surface area contributed by atoms with E-state index in [2.05, 4.69) is 5.10 Å². The molecule has 0 aliphatic carbocycles. The van der Waals surface area contributed by atoms with Crippen LogP contribution in [0.3, 0.4) is 0 Å². The van der Waals surface area contributed by atoms with Gasteiger partial charge in [0, 0.05) is 15.5 Å². The highest BCUT2D eigenvalue weighted by Crippen LogP contribution is 2.30. The Bertz CT molecular complexity index is 1060. The van der Waals surface area contributed by atoms with Gasteiger partial charge in [-0.05, 0) is 30.3 Å². The van der Waals surface area contributed by atoms with Crippen LogP contribution in [0, 0.1) is 0 Å². The molecular formula is C17H10N2O3S. The molecule has 112 valence electrons. The molecule has 4 rings (SSSR count). The first-order valence-corrected chi connectivity index (χ1v) is 7.76. The molecule has 5 nitrogen and oxygen atoms in total. The van der Waals surface area contributed by atoms with Crippen LogP contribution in [-0.2, 0) is 0 Å². The zero-order chi connectivity index (χ0) is 16.0. The highest BCUT2D eigenvalue weighted by Gasteiger charge is 2.18. The normalized spacial score (nSPS) is 11.1. The number of carboxylic acid groups (broad SMARTS) is 1. The molecule has 2 heterocycles. The highest BCUT2D eigenvalue weighted by atomic mass is 32.1. The molecule has 23 heavy (non-hydrogen) atoms. The molecule has 2 aliphatic heterocycles. The van der Waals surface area contributed by atoms with E-state index in [1.807, 2.05) is 29.6 Å². The van der Waals surface area contributed by atoms with Crippen molar-refractivity contribution in [2.45, 2.75) is 0 Å². The average Bonchev–Trinajstić information content (AvgIpc) is 2.92. The van der Waals surface area contributed by atoms with Gasteiger partial charge in [-0.15, -0.1) is 11.3 Å². The standard InChI is InChI=1S/C17H10N2O3S/c20-16-13-9-23-14-4-2-1-3-12(14)15(13)18-19(16)11-7-5-10(6-8-11)17(21)22/h1-9H,(H,21,22). The van der Waals surface area contributed by atoms with E-state index in [4.69, 9.17) is 5.11 Å². The maximum absolute atomic E-state index is 12.6. The van der Waals surface area contributed by atoms with Crippen LogP contribution in [0.15, 0.2) is 58.7 Å². The number of fused-ring (bicyclic) bond motifs is 3. The average molecular weight is 322 g/mol. The number of carbonyl (C=O) groups is 1. The molecule has 6 heteroatoms. The van der Waals surface area contributed by atoms with Gasteiger partial charge in [0.1, 0.15) is 5.69 Å². The van der Waals surface area contributed by atoms with Crippen molar-refractivity contribution >= 4 is 27.4 Å². The number of hydrogen-bond acceptors (Lipinski definition) is 4. The molecule has 1 N–H and O–H groups in total. The van der Waals surface area contributed by atoms with Crippen molar-refractivity contribution in [2.24, 2.45) is 0 Å². The van der Waals surface area contributed by atoms with Crippen LogP contribution in [0.5, 0.6) is 0 Å². The lowest BCUT2D eigenvalue weighted by atomic mass is 10.1. The number of nitrogens with zero attached hydrogens (tertiary/aromatic N) is 2. The van der Waals surface area contributed by atoms with Gasteiger partial charge in [0.2, 0.25) is 0 Å². The fourth-order valence-corrected chi connectivity index (χ4v) is 3.43. The molecule has 0 saturated carbocycles. The van der Waals surface area contributed by atoms with Gasteiger partial charge in [0.25, 0.3) is 5.56 Å². The fraction of sp³-hybridized carbons (Fsp3) is 0. The SMILES string of the molecule is O=C(O)c1ccc(-n2nc3c4ccccc4scc-3c2=O)cc1. The summed E-state index contributed by atoms with van der Waals surface area (Å²) in [5.41, 5.74) is 1.74. The Morgan fingerprint density at radius 3 is 2.57 bits per heavy atom. The van der Waals surface area contributed by atoms with Gasteiger partial charge in [-0.3, -0.25) is 4.79 Å². The zero-order valence-corrected chi connectivity index (χ0v) is 12.6. The molecule has 0 radical (unpaired) electrons. The summed E-state index contributed by atoms with van der Waals surface area (Å²) in [6.45, 7) is 0. The molecule has 2 aliphatic rings. The summed E-state index contributed by atoms with van der Waals surface area (Å²) in [7, 11) is 0. The molecule has 0 amide bonds. The van der Waals surface area contributed by atoms with E-state index in [-0.39, 0.29) is 11.1 Å². The van der Waals surface area contributed by atoms with Gasteiger partial charge in [0.05, 0.1) is 16.8 Å². The Kier molecular flexibility index (Phi) is 2.99. The van der Waals surface area contributed by atoms with Gasteiger partial charge >= 0.3 is 5.97 Å². The summed E-state index contributed by atoms with van der Waals surface area (Å²) < 4.78 is 2.38. The molecule has 0 atom stereocenters. The van der Waals surface area contributed by atoms with E-state index in [0.29, 0.717) is 16.9 Å². The number of benzene rings is 2. The molecule has 0 spiro atoms. The van der Waals surface area contributed by atoms with Crippen molar-refractivity contribution in [1.82, 2.24) is 9.78 Å². The Morgan fingerprint density at radius 2 is 1.83 bits per heavy atom. The molecule has 0 bridgehead atoms. The minimum absolute atomic E-state index is 0.172. The van der Waals surface area contributed by atoms with E-state index >= 15 is 0 Å². The van der Waals surface area contributed by atoms with Crippen molar-refractivity contribution in [1.29, 1.82) is 0 Å². The minimum Gasteiger partial charge on any atom is -0.478 e. The molecular weight excluding hydrogens is 312 g/mol. The largest absolute Gasteiger partial charge is 0.478 e. The van der Waals surface area contributed by atoms with E-state index in [1.54, 1.807) is 12.1 Å². The Labute approximate surface area is 134 Å². The molecule has 0 unspecified atom stereocenters. The second kappa shape index (κ2) is 5.03. The van der Waals surface area contributed by atoms with E-state index in [0.717, 1.165) is 10.1 Å². The van der Waals surface area contributed by atoms with Crippen molar-refractivity contribution in [3.05, 3.63) is 69.8 Å². The third kappa shape index (κ3) is 2.11. The number of aromatic nitrogens is 2. The van der Waals surface area contributed by atoms with Crippen LogP contribution >= 0.6 is 11.3 Å². The first kappa shape index (κ1) is 13.7. The van der Waals surface area contributed by atoms with Crippen LogP contribution in [0.1, 0.15) is 10.4 Å². The molecule has 2 aromatic rings. The van der Waals surface area contributed by atoms with E-state index in [9.17, 15) is 9.59 Å². The number of aromatic carboxylic acids is 1. The third-order valence-corrected chi connectivity index (χ3v) is 4.65. The highest BCUT2D eigenvalue weighted by molar-refractivity contribution is 7.17. The topological polar surface area (TPSA) is 72.2 Å². The minimum atomic E-state index is -1.00. The number of carboxylic acids is 1. The third-order valence-electron chi connectivity index (χ3n) is 3.68. The summed E-state index contributed by atoms with van der Waals surface area (Å²) in [5.74, 6) is -1.00. The van der Waals surface area contributed by atoms with Gasteiger partial charge < -0.3 is 5.11 Å². The quantitative estimate of drug-likeness (QED) is 0.615. The van der Waals surface area contributed by atoms with Crippen LogP contribution in [0.25, 0.3) is 27.0 Å². The summed E-state index contributed by atoms with van der Waals surface area (Å²) >= 11 is 1.50. The Morgan fingerprint density at radius 1 is 1.09 bits per heavy atom. The lowest BCUT2D eigenvalue weighted by Gasteiger charge is -2.00. The maximum atomic E-state index is 12.6. The molecule has 0 saturated heterocycles. The van der Waals surface area contributed by atoms with Gasteiger partial charge in [0.15, 0.2) is 0 Å². The van der Waals surface area contributed by atoms with Gasteiger partial charge in [-0.25, -0.2) is 4.79 Å². The lowest BCUT2D eigenvalue weighted by Crippen LogP contribution is -2.14. The first-order chi connectivity index (χ1) is 11.1. The second-order valence-corrected chi connectivity index (χ2v) is 5.97. The number of rotatable bonds is 2. The monoisotopic (exact) mass is 322 g/mol. The maximum Gasteiger partial charge on any atom is 0.335 e. The Balaban J connectivity index is 1.95. The van der Waals surface area contributed by atoms with Gasteiger partial charge in [-0.1, -0.05) is 18.2 Å². The molecule has 0 fully saturated rings. The lowest BCUT2D eigenvalue weighted by molar-refractivity contribution is 0.0697. The smallest absolute Gasteiger partial charge is 0.335 e. The first-order valence-electron chi connectivity index (χ1n) is 6.88. The molecule has 2 aromatic carbocycles. The van der Waals surface area contributed by atoms with Crippen molar-refractivity contribution in [3.8, 4) is 16.9 Å². The summed E-state index contributed by atoms with van der Waals surface area (Å²) in [4.78, 5) is 23.5. The predicted molar refractivity (Wildman–Crippen MR) is 88.8 cm³/mol.